The van der Waals surface area contributed by atoms with Crippen molar-refractivity contribution in [1.29, 1.82) is 0 Å². The van der Waals surface area contributed by atoms with Gasteiger partial charge in [0.1, 0.15) is 12.2 Å². The fourth-order valence-corrected chi connectivity index (χ4v) is 2.73. The molecule has 7 nitrogen and oxygen atoms in total. The summed E-state index contributed by atoms with van der Waals surface area (Å²) in [6, 6.07) is 5.60. The summed E-state index contributed by atoms with van der Waals surface area (Å²) in [4.78, 5) is 16.5. The average Bonchev–Trinajstić information content (AvgIpc) is 3.21. The van der Waals surface area contributed by atoms with Crippen molar-refractivity contribution in [2.75, 3.05) is 6.79 Å². The molecule has 2 aromatic rings. The van der Waals surface area contributed by atoms with Crippen LogP contribution >= 0.6 is 0 Å². The minimum Gasteiger partial charge on any atom is -0.454 e. The van der Waals surface area contributed by atoms with Gasteiger partial charge in [0.15, 0.2) is 11.5 Å². The lowest BCUT2D eigenvalue weighted by molar-refractivity contribution is -0.121. The lowest BCUT2D eigenvalue weighted by Gasteiger charge is -2.14. The van der Waals surface area contributed by atoms with E-state index >= 15 is 0 Å². The molecular formula is C17H22N4O3. The van der Waals surface area contributed by atoms with Crippen LogP contribution in [-0.2, 0) is 17.8 Å². The van der Waals surface area contributed by atoms with Crippen LogP contribution in [0, 0.1) is 0 Å². The Morgan fingerprint density at radius 1 is 1.38 bits per heavy atom. The van der Waals surface area contributed by atoms with Gasteiger partial charge in [0.2, 0.25) is 12.7 Å². The maximum absolute atomic E-state index is 12.2. The smallest absolute Gasteiger partial charge is 0.231 e. The number of fused-ring (bicyclic) bond motifs is 1. The summed E-state index contributed by atoms with van der Waals surface area (Å²) < 4.78 is 12.5. The van der Waals surface area contributed by atoms with Crippen molar-refractivity contribution in [2.45, 2.75) is 45.7 Å². The van der Waals surface area contributed by atoms with Gasteiger partial charge in [0.25, 0.3) is 0 Å². The molecule has 0 saturated heterocycles. The summed E-state index contributed by atoms with van der Waals surface area (Å²) in [5.41, 5.74) is 1.05. The molecule has 1 N–H and O–H groups in total. The van der Waals surface area contributed by atoms with Crippen molar-refractivity contribution in [3.63, 3.8) is 0 Å². The Morgan fingerprint density at radius 2 is 2.21 bits per heavy atom. The second-order valence-corrected chi connectivity index (χ2v) is 5.82. The van der Waals surface area contributed by atoms with Gasteiger partial charge in [-0.25, -0.2) is 9.67 Å². The number of aromatic nitrogens is 3. The fraction of sp³-hybridized carbons (Fsp3) is 0.471. The number of amides is 1. The number of ether oxygens (including phenoxy) is 2. The highest BCUT2D eigenvalue weighted by molar-refractivity contribution is 5.76. The van der Waals surface area contributed by atoms with Crippen molar-refractivity contribution < 1.29 is 14.3 Å². The molecule has 24 heavy (non-hydrogen) atoms. The number of benzene rings is 1. The third-order valence-corrected chi connectivity index (χ3v) is 3.92. The minimum atomic E-state index is -0.164. The fourth-order valence-electron chi connectivity index (χ4n) is 2.73. The normalized spacial score (nSPS) is 13.8. The summed E-state index contributed by atoms with van der Waals surface area (Å²) in [6.07, 6.45) is 3.56. The predicted octanol–water partition coefficient (Wildman–Crippen LogP) is 2.23. The van der Waals surface area contributed by atoms with Gasteiger partial charge in [0, 0.05) is 13.0 Å². The summed E-state index contributed by atoms with van der Waals surface area (Å²) in [6.45, 7) is 5.07. The highest BCUT2D eigenvalue weighted by Crippen LogP contribution is 2.32. The van der Waals surface area contributed by atoms with E-state index in [0.717, 1.165) is 35.9 Å². The first-order valence-electron chi connectivity index (χ1n) is 8.23. The summed E-state index contributed by atoms with van der Waals surface area (Å²) in [5, 5.41) is 7.18. The molecule has 0 fully saturated rings. The Hall–Kier alpha value is -2.57. The molecule has 1 aromatic heterocycles. The van der Waals surface area contributed by atoms with Gasteiger partial charge >= 0.3 is 0 Å². The highest BCUT2D eigenvalue weighted by Gasteiger charge is 2.16. The maximum atomic E-state index is 12.2. The lowest BCUT2D eigenvalue weighted by Crippen LogP contribution is -2.29. The van der Waals surface area contributed by atoms with Gasteiger partial charge in [-0.2, -0.15) is 5.10 Å². The van der Waals surface area contributed by atoms with Crippen molar-refractivity contribution in [2.24, 2.45) is 0 Å². The first-order valence-corrected chi connectivity index (χ1v) is 8.23. The van der Waals surface area contributed by atoms with E-state index in [2.05, 4.69) is 22.3 Å². The van der Waals surface area contributed by atoms with E-state index in [-0.39, 0.29) is 18.7 Å². The van der Waals surface area contributed by atoms with E-state index in [1.807, 2.05) is 29.8 Å². The molecule has 0 spiro atoms. The molecule has 0 saturated carbocycles. The van der Waals surface area contributed by atoms with Crippen LogP contribution in [0.4, 0.5) is 0 Å². The average molecular weight is 330 g/mol. The van der Waals surface area contributed by atoms with Crippen molar-refractivity contribution in [3.05, 3.63) is 35.9 Å². The van der Waals surface area contributed by atoms with Gasteiger partial charge in [-0.15, -0.1) is 0 Å². The molecule has 128 valence electrons. The van der Waals surface area contributed by atoms with Gasteiger partial charge in [-0.05, 0) is 37.5 Å². The number of rotatable bonds is 7. The first-order chi connectivity index (χ1) is 11.7. The molecular weight excluding hydrogens is 308 g/mol. The maximum Gasteiger partial charge on any atom is 0.231 e. The number of carbonyl (C=O) groups is 1. The largest absolute Gasteiger partial charge is 0.454 e. The zero-order valence-electron chi connectivity index (χ0n) is 14.0. The molecule has 1 amide bonds. The van der Waals surface area contributed by atoms with E-state index in [0.29, 0.717) is 12.8 Å². The predicted molar refractivity (Wildman–Crippen MR) is 87.8 cm³/mol. The third-order valence-electron chi connectivity index (χ3n) is 3.92. The molecule has 0 aliphatic carbocycles. The number of nitrogens with zero attached hydrogens (tertiary/aromatic N) is 3. The summed E-state index contributed by atoms with van der Waals surface area (Å²) in [7, 11) is 0. The Kier molecular flexibility index (Phi) is 4.98. The SMILES string of the molecule is CCCn1ncnc1[C@H](C)NC(=O)CCc1ccc2c(c1)OCO2. The standard InChI is InChI=1S/C17H22N4O3/c1-3-8-21-17(18-10-19-21)12(2)20-16(22)7-5-13-4-6-14-15(9-13)24-11-23-14/h4,6,9-10,12H,3,5,7-8,11H2,1-2H3,(H,20,22)/t12-/m0/s1. The molecule has 1 aliphatic heterocycles. The van der Waals surface area contributed by atoms with E-state index in [1.165, 1.54) is 6.33 Å². The third kappa shape index (κ3) is 3.67. The van der Waals surface area contributed by atoms with E-state index in [1.54, 1.807) is 0 Å². The molecule has 1 aromatic carbocycles. The van der Waals surface area contributed by atoms with E-state index in [4.69, 9.17) is 9.47 Å². The Balaban J connectivity index is 1.53. The Morgan fingerprint density at radius 3 is 3.04 bits per heavy atom. The van der Waals surface area contributed by atoms with Crippen molar-refractivity contribution in [1.82, 2.24) is 20.1 Å². The van der Waals surface area contributed by atoms with Crippen LogP contribution in [0.5, 0.6) is 11.5 Å². The van der Waals surface area contributed by atoms with Gasteiger partial charge in [-0.3, -0.25) is 4.79 Å². The monoisotopic (exact) mass is 330 g/mol. The lowest BCUT2D eigenvalue weighted by atomic mass is 10.1. The van der Waals surface area contributed by atoms with Gasteiger partial charge in [0.05, 0.1) is 6.04 Å². The van der Waals surface area contributed by atoms with E-state index in [9.17, 15) is 4.79 Å². The Labute approximate surface area is 141 Å². The van der Waals surface area contributed by atoms with Crippen LogP contribution < -0.4 is 14.8 Å². The zero-order valence-corrected chi connectivity index (χ0v) is 14.0. The second kappa shape index (κ2) is 7.33. The summed E-state index contributed by atoms with van der Waals surface area (Å²) >= 11 is 0. The van der Waals surface area contributed by atoms with Gasteiger partial charge in [-0.1, -0.05) is 13.0 Å². The molecule has 0 bridgehead atoms. The quantitative estimate of drug-likeness (QED) is 0.842. The zero-order chi connectivity index (χ0) is 16.9. The van der Waals surface area contributed by atoms with Crippen LogP contribution in [-0.4, -0.2) is 27.5 Å². The number of nitrogens with one attached hydrogen (secondary N) is 1. The topological polar surface area (TPSA) is 78.3 Å². The van der Waals surface area contributed by atoms with E-state index < -0.39 is 0 Å². The van der Waals surface area contributed by atoms with Crippen molar-refractivity contribution in [3.8, 4) is 11.5 Å². The Bertz CT molecular complexity index is 714. The van der Waals surface area contributed by atoms with Crippen LogP contribution in [0.1, 0.15) is 44.1 Å². The first kappa shape index (κ1) is 16.3. The molecule has 1 aliphatic rings. The molecule has 7 heteroatoms. The number of aryl methyl sites for hydroxylation is 2. The number of hydrogen-bond donors (Lipinski definition) is 1. The minimum absolute atomic E-state index is 0.00813. The van der Waals surface area contributed by atoms with Crippen LogP contribution in [0.2, 0.25) is 0 Å². The second-order valence-electron chi connectivity index (χ2n) is 5.82. The van der Waals surface area contributed by atoms with Crippen LogP contribution in [0.25, 0.3) is 0 Å². The molecule has 1 atom stereocenters. The molecule has 2 heterocycles. The number of carbonyl (C=O) groups excluding carboxylic acids is 1. The summed E-state index contributed by atoms with van der Waals surface area (Å²) in [5.74, 6) is 2.28. The van der Waals surface area contributed by atoms with Crippen molar-refractivity contribution >= 4 is 5.91 Å². The molecule has 0 unspecified atom stereocenters. The van der Waals surface area contributed by atoms with Gasteiger partial charge < -0.3 is 14.8 Å². The van der Waals surface area contributed by atoms with Crippen LogP contribution in [0.3, 0.4) is 0 Å². The number of hydrogen-bond acceptors (Lipinski definition) is 5. The molecule has 3 rings (SSSR count). The molecule has 0 radical (unpaired) electrons. The van der Waals surface area contributed by atoms with Crippen LogP contribution in [0.15, 0.2) is 24.5 Å². The highest BCUT2D eigenvalue weighted by atomic mass is 16.7.